The zero-order chi connectivity index (χ0) is 8.97. The SMILES string of the molecule is COc1cccc(C(N)CO)c1.Cl. The van der Waals surface area contributed by atoms with E-state index in [0.717, 1.165) is 11.3 Å². The lowest BCUT2D eigenvalue weighted by atomic mass is 10.1. The highest BCUT2D eigenvalue weighted by atomic mass is 35.5. The molecule has 3 N–H and O–H groups in total. The molecular weight excluding hydrogens is 190 g/mol. The smallest absolute Gasteiger partial charge is 0.119 e. The molecule has 0 aliphatic heterocycles. The molecule has 3 nitrogen and oxygen atoms in total. The summed E-state index contributed by atoms with van der Waals surface area (Å²) in [5, 5.41) is 8.79. The number of ether oxygens (including phenoxy) is 1. The van der Waals surface area contributed by atoms with Gasteiger partial charge in [0, 0.05) is 0 Å². The molecule has 0 bridgehead atoms. The van der Waals surface area contributed by atoms with Crippen molar-refractivity contribution in [3.8, 4) is 5.75 Å². The Morgan fingerprint density at radius 1 is 1.54 bits per heavy atom. The first-order valence-corrected chi connectivity index (χ1v) is 3.78. The van der Waals surface area contributed by atoms with E-state index in [0.29, 0.717) is 0 Å². The van der Waals surface area contributed by atoms with Crippen molar-refractivity contribution in [2.75, 3.05) is 13.7 Å². The lowest BCUT2D eigenvalue weighted by molar-refractivity contribution is 0.267. The van der Waals surface area contributed by atoms with Crippen molar-refractivity contribution in [2.45, 2.75) is 6.04 Å². The Morgan fingerprint density at radius 2 is 2.23 bits per heavy atom. The van der Waals surface area contributed by atoms with Crippen molar-refractivity contribution < 1.29 is 9.84 Å². The summed E-state index contributed by atoms with van der Waals surface area (Å²) in [4.78, 5) is 0. The number of methoxy groups -OCH3 is 1. The average molecular weight is 204 g/mol. The van der Waals surface area contributed by atoms with Crippen LogP contribution in [-0.4, -0.2) is 18.8 Å². The van der Waals surface area contributed by atoms with Gasteiger partial charge in [0.15, 0.2) is 0 Å². The van der Waals surface area contributed by atoms with Gasteiger partial charge in [-0.3, -0.25) is 0 Å². The quantitative estimate of drug-likeness (QED) is 0.774. The van der Waals surface area contributed by atoms with E-state index in [1.165, 1.54) is 0 Å². The molecule has 0 fully saturated rings. The number of hydrogen-bond acceptors (Lipinski definition) is 3. The van der Waals surface area contributed by atoms with E-state index in [4.69, 9.17) is 15.6 Å². The lowest BCUT2D eigenvalue weighted by Crippen LogP contribution is -2.14. The standard InChI is InChI=1S/C9H13NO2.ClH/c1-12-8-4-2-3-7(5-8)9(10)6-11;/h2-5,9,11H,6,10H2,1H3;1H. The third-order valence-electron chi connectivity index (χ3n) is 1.72. The van der Waals surface area contributed by atoms with Gasteiger partial charge in [0.2, 0.25) is 0 Å². The van der Waals surface area contributed by atoms with E-state index in [1.54, 1.807) is 7.11 Å². The molecule has 0 aromatic heterocycles. The molecular formula is C9H14ClNO2. The van der Waals surface area contributed by atoms with Gasteiger partial charge in [-0.05, 0) is 17.7 Å². The number of benzene rings is 1. The molecule has 0 amide bonds. The Balaban J connectivity index is 0.00000144. The number of aliphatic hydroxyl groups excluding tert-OH is 1. The maximum Gasteiger partial charge on any atom is 0.119 e. The second-order valence-corrected chi connectivity index (χ2v) is 2.57. The number of nitrogens with two attached hydrogens (primary N) is 1. The maximum absolute atomic E-state index is 8.79. The third kappa shape index (κ3) is 3.22. The summed E-state index contributed by atoms with van der Waals surface area (Å²) >= 11 is 0. The molecule has 0 saturated heterocycles. The summed E-state index contributed by atoms with van der Waals surface area (Å²) in [6.07, 6.45) is 0. The van der Waals surface area contributed by atoms with Crippen molar-refractivity contribution in [1.82, 2.24) is 0 Å². The predicted octanol–water partition coefficient (Wildman–Crippen LogP) is 1.11. The summed E-state index contributed by atoms with van der Waals surface area (Å²) in [5.41, 5.74) is 6.50. The minimum Gasteiger partial charge on any atom is -0.497 e. The van der Waals surface area contributed by atoms with Gasteiger partial charge in [-0.2, -0.15) is 0 Å². The maximum atomic E-state index is 8.79. The molecule has 4 heteroatoms. The molecule has 0 saturated carbocycles. The Kier molecular flexibility index (Phi) is 5.46. The van der Waals surface area contributed by atoms with Gasteiger partial charge in [-0.15, -0.1) is 12.4 Å². The van der Waals surface area contributed by atoms with E-state index < -0.39 is 0 Å². The Bertz CT molecular complexity index is 255. The molecule has 0 radical (unpaired) electrons. The monoisotopic (exact) mass is 203 g/mol. The molecule has 13 heavy (non-hydrogen) atoms. The summed E-state index contributed by atoms with van der Waals surface area (Å²) in [7, 11) is 1.60. The van der Waals surface area contributed by atoms with Crippen LogP contribution in [-0.2, 0) is 0 Å². The molecule has 1 rings (SSSR count). The van der Waals surface area contributed by atoms with Crippen molar-refractivity contribution in [3.63, 3.8) is 0 Å². The molecule has 0 aliphatic rings. The van der Waals surface area contributed by atoms with Crippen LogP contribution in [0.4, 0.5) is 0 Å². The van der Waals surface area contributed by atoms with E-state index in [1.807, 2.05) is 24.3 Å². The summed E-state index contributed by atoms with van der Waals surface area (Å²) < 4.78 is 5.01. The highest BCUT2D eigenvalue weighted by Crippen LogP contribution is 2.16. The number of aliphatic hydroxyl groups is 1. The Morgan fingerprint density at radius 3 is 2.77 bits per heavy atom. The molecule has 0 heterocycles. The second kappa shape index (κ2) is 5.80. The fourth-order valence-electron chi connectivity index (χ4n) is 0.978. The van der Waals surface area contributed by atoms with Crippen LogP contribution in [0.1, 0.15) is 11.6 Å². The topological polar surface area (TPSA) is 55.5 Å². The summed E-state index contributed by atoms with van der Waals surface area (Å²) in [5.74, 6) is 0.761. The second-order valence-electron chi connectivity index (χ2n) is 2.57. The highest BCUT2D eigenvalue weighted by Gasteiger charge is 2.03. The molecule has 0 aliphatic carbocycles. The lowest BCUT2D eigenvalue weighted by Gasteiger charge is -2.09. The molecule has 74 valence electrons. The molecule has 1 aromatic carbocycles. The Hall–Kier alpha value is -0.770. The van der Waals surface area contributed by atoms with Crippen LogP contribution in [0.25, 0.3) is 0 Å². The normalized spacial score (nSPS) is 11.6. The predicted molar refractivity (Wildman–Crippen MR) is 54.3 cm³/mol. The van der Waals surface area contributed by atoms with Gasteiger partial charge in [0.05, 0.1) is 19.8 Å². The fourth-order valence-corrected chi connectivity index (χ4v) is 0.978. The third-order valence-corrected chi connectivity index (χ3v) is 1.72. The minimum atomic E-state index is -0.319. The molecule has 1 unspecified atom stereocenters. The molecule has 1 aromatic rings. The van der Waals surface area contributed by atoms with Crippen LogP contribution >= 0.6 is 12.4 Å². The van der Waals surface area contributed by atoms with Gasteiger partial charge in [0.25, 0.3) is 0 Å². The van der Waals surface area contributed by atoms with Gasteiger partial charge in [-0.25, -0.2) is 0 Å². The number of hydrogen-bond donors (Lipinski definition) is 2. The van der Waals surface area contributed by atoms with Crippen LogP contribution in [0, 0.1) is 0 Å². The first kappa shape index (κ1) is 12.2. The van der Waals surface area contributed by atoms with Crippen molar-refractivity contribution in [1.29, 1.82) is 0 Å². The van der Waals surface area contributed by atoms with E-state index >= 15 is 0 Å². The van der Waals surface area contributed by atoms with Crippen molar-refractivity contribution in [2.24, 2.45) is 5.73 Å². The molecule has 0 spiro atoms. The van der Waals surface area contributed by atoms with Gasteiger partial charge in [0.1, 0.15) is 5.75 Å². The zero-order valence-corrected chi connectivity index (χ0v) is 8.25. The summed E-state index contributed by atoms with van der Waals surface area (Å²) in [6, 6.07) is 7.06. The largest absolute Gasteiger partial charge is 0.497 e. The highest BCUT2D eigenvalue weighted by molar-refractivity contribution is 5.85. The average Bonchev–Trinajstić information content (AvgIpc) is 2.17. The van der Waals surface area contributed by atoms with E-state index in [2.05, 4.69) is 0 Å². The van der Waals surface area contributed by atoms with Crippen LogP contribution in [0.15, 0.2) is 24.3 Å². The van der Waals surface area contributed by atoms with Crippen molar-refractivity contribution >= 4 is 12.4 Å². The first-order chi connectivity index (χ1) is 5.77. The van der Waals surface area contributed by atoms with Crippen LogP contribution < -0.4 is 10.5 Å². The number of rotatable bonds is 3. The van der Waals surface area contributed by atoms with Crippen molar-refractivity contribution in [3.05, 3.63) is 29.8 Å². The van der Waals surface area contributed by atoms with Crippen LogP contribution in [0.3, 0.4) is 0 Å². The Labute approximate surface area is 83.9 Å². The van der Waals surface area contributed by atoms with Gasteiger partial charge in [-0.1, -0.05) is 12.1 Å². The fraction of sp³-hybridized carbons (Fsp3) is 0.333. The van der Waals surface area contributed by atoms with E-state index in [9.17, 15) is 0 Å². The van der Waals surface area contributed by atoms with Gasteiger partial charge >= 0.3 is 0 Å². The number of halogens is 1. The first-order valence-electron chi connectivity index (χ1n) is 3.78. The van der Waals surface area contributed by atoms with Crippen LogP contribution in [0.5, 0.6) is 5.75 Å². The minimum absolute atomic E-state index is 0. The molecule has 1 atom stereocenters. The zero-order valence-electron chi connectivity index (χ0n) is 7.43. The van der Waals surface area contributed by atoms with Gasteiger partial charge < -0.3 is 15.6 Å². The van der Waals surface area contributed by atoms with E-state index in [-0.39, 0.29) is 25.1 Å². The van der Waals surface area contributed by atoms with Crippen LogP contribution in [0.2, 0.25) is 0 Å². The summed E-state index contributed by atoms with van der Waals surface area (Å²) in [6.45, 7) is -0.0484.